The minimum Gasteiger partial charge on any atom is -0.489 e. The number of nitrogens with one attached hydrogen (secondary N) is 1. The van der Waals surface area contributed by atoms with E-state index < -0.39 is 0 Å². The van der Waals surface area contributed by atoms with Gasteiger partial charge in [0.1, 0.15) is 0 Å². The first-order valence-electron chi connectivity index (χ1n) is 9.45. The van der Waals surface area contributed by atoms with Crippen LogP contribution in [0.25, 0.3) is 0 Å². The van der Waals surface area contributed by atoms with E-state index in [0.29, 0.717) is 36.3 Å². The van der Waals surface area contributed by atoms with Crippen molar-refractivity contribution in [2.45, 2.75) is 26.8 Å². The van der Waals surface area contributed by atoms with Crippen molar-refractivity contribution in [3.8, 4) is 11.5 Å². The number of ether oxygens (including phenoxy) is 2. The Balaban J connectivity index is 1.71. The zero-order valence-electron chi connectivity index (χ0n) is 16.0. The van der Waals surface area contributed by atoms with E-state index in [1.807, 2.05) is 24.0 Å². The number of hydrogen-bond acceptors (Lipinski definition) is 4. The molecule has 2 aliphatic rings. The van der Waals surface area contributed by atoms with Gasteiger partial charge in [-0.1, -0.05) is 11.6 Å². The number of halogens is 1. The Morgan fingerprint density at radius 3 is 2.59 bits per heavy atom. The summed E-state index contributed by atoms with van der Waals surface area (Å²) in [4.78, 5) is 20.3. The Kier molecular flexibility index (Phi) is 6.66. The fourth-order valence-electron chi connectivity index (χ4n) is 3.20. The lowest BCUT2D eigenvalue weighted by atomic mass is 10.2. The van der Waals surface area contributed by atoms with Crippen LogP contribution in [0.1, 0.15) is 25.8 Å². The summed E-state index contributed by atoms with van der Waals surface area (Å²) < 4.78 is 11.4. The van der Waals surface area contributed by atoms with Gasteiger partial charge in [0.25, 0.3) is 0 Å². The second-order valence-corrected chi connectivity index (χ2v) is 7.03. The van der Waals surface area contributed by atoms with Gasteiger partial charge in [0, 0.05) is 46.1 Å². The van der Waals surface area contributed by atoms with Gasteiger partial charge in [-0.2, -0.15) is 0 Å². The first-order chi connectivity index (χ1) is 13.1. The fraction of sp³-hybridized carbons (Fsp3) is 0.579. The summed E-state index contributed by atoms with van der Waals surface area (Å²) in [6, 6.07) is 3.84. The minimum atomic E-state index is 0.124. The van der Waals surface area contributed by atoms with Crippen molar-refractivity contribution in [2.24, 2.45) is 4.99 Å². The molecule has 0 saturated carbocycles. The van der Waals surface area contributed by atoms with Crippen LogP contribution in [0.2, 0.25) is 5.02 Å². The zero-order chi connectivity index (χ0) is 19.2. The quantitative estimate of drug-likeness (QED) is 0.628. The molecule has 2 heterocycles. The van der Waals surface area contributed by atoms with Gasteiger partial charge in [-0.05, 0) is 24.6 Å². The molecule has 3 rings (SSSR count). The van der Waals surface area contributed by atoms with Gasteiger partial charge in [0.15, 0.2) is 17.5 Å². The normalized spacial score (nSPS) is 17.5. The number of nitrogens with zero attached hydrogens (tertiary/aromatic N) is 3. The average Bonchev–Trinajstić information content (AvgIpc) is 2.91. The standard InChI is InChI=1S/C19H27ClN4O3/c1-3-21-19(24-7-5-23(6-8-24)14(2)25)22-13-15-11-16(20)18-17(12-15)26-9-4-10-27-18/h11-12H,3-10,13H2,1-2H3,(H,21,22). The number of carbonyl (C=O) groups excluding carboxylic acids is 1. The first kappa shape index (κ1) is 19.6. The van der Waals surface area contributed by atoms with Crippen LogP contribution in [-0.2, 0) is 11.3 Å². The molecule has 0 unspecified atom stereocenters. The van der Waals surface area contributed by atoms with Crippen molar-refractivity contribution in [3.05, 3.63) is 22.7 Å². The fourth-order valence-corrected chi connectivity index (χ4v) is 3.49. The molecule has 148 valence electrons. The second-order valence-electron chi connectivity index (χ2n) is 6.62. The molecule has 7 nitrogen and oxygen atoms in total. The molecule has 1 saturated heterocycles. The Hall–Kier alpha value is -2.15. The van der Waals surface area contributed by atoms with Crippen LogP contribution < -0.4 is 14.8 Å². The molecule has 1 fully saturated rings. The molecular weight excluding hydrogens is 368 g/mol. The van der Waals surface area contributed by atoms with E-state index in [1.54, 1.807) is 6.92 Å². The summed E-state index contributed by atoms with van der Waals surface area (Å²) in [5, 5.41) is 3.89. The third-order valence-electron chi connectivity index (χ3n) is 4.63. The topological polar surface area (TPSA) is 66.4 Å². The van der Waals surface area contributed by atoms with E-state index in [0.717, 1.165) is 50.7 Å². The molecule has 0 atom stereocenters. The molecule has 0 bridgehead atoms. The van der Waals surface area contributed by atoms with Crippen LogP contribution in [0.5, 0.6) is 11.5 Å². The lowest BCUT2D eigenvalue weighted by Crippen LogP contribution is -2.53. The maximum absolute atomic E-state index is 11.5. The smallest absolute Gasteiger partial charge is 0.219 e. The average molecular weight is 395 g/mol. The summed E-state index contributed by atoms with van der Waals surface area (Å²) in [6.07, 6.45) is 0.843. The predicted octanol–water partition coefficient (Wildman–Crippen LogP) is 2.13. The van der Waals surface area contributed by atoms with Gasteiger partial charge in [-0.15, -0.1) is 0 Å². The number of hydrogen-bond donors (Lipinski definition) is 1. The van der Waals surface area contributed by atoms with Gasteiger partial charge in [0.05, 0.1) is 24.8 Å². The first-order valence-corrected chi connectivity index (χ1v) is 9.83. The third kappa shape index (κ3) is 4.97. The Morgan fingerprint density at radius 1 is 1.19 bits per heavy atom. The minimum absolute atomic E-state index is 0.124. The molecule has 0 aromatic heterocycles. The maximum Gasteiger partial charge on any atom is 0.219 e. The van der Waals surface area contributed by atoms with Gasteiger partial charge in [-0.25, -0.2) is 4.99 Å². The number of piperazine rings is 1. The summed E-state index contributed by atoms with van der Waals surface area (Å²) in [5.74, 6) is 2.28. The van der Waals surface area contributed by atoms with Crippen LogP contribution in [0, 0.1) is 0 Å². The highest BCUT2D eigenvalue weighted by molar-refractivity contribution is 6.32. The van der Waals surface area contributed by atoms with Gasteiger partial charge >= 0.3 is 0 Å². The molecule has 8 heteroatoms. The number of amides is 1. The van der Waals surface area contributed by atoms with Crippen LogP contribution in [0.3, 0.4) is 0 Å². The van der Waals surface area contributed by atoms with E-state index in [9.17, 15) is 4.79 Å². The van der Waals surface area contributed by atoms with E-state index in [2.05, 4.69) is 10.2 Å². The highest BCUT2D eigenvalue weighted by Gasteiger charge is 2.21. The second kappa shape index (κ2) is 9.17. The SMILES string of the molecule is CCNC(=NCc1cc(Cl)c2c(c1)OCCCO2)N1CCN(C(C)=O)CC1. The number of aliphatic imine (C=N–C) groups is 1. The summed E-state index contributed by atoms with van der Waals surface area (Å²) in [7, 11) is 0. The predicted molar refractivity (Wildman–Crippen MR) is 106 cm³/mol. The molecule has 1 N–H and O–H groups in total. The molecule has 0 spiro atoms. The van der Waals surface area contributed by atoms with Crippen LogP contribution in [0.4, 0.5) is 0 Å². The Morgan fingerprint density at radius 2 is 1.89 bits per heavy atom. The van der Waals surface area contributed by atoms with Gasteiger partial charge in [0.2, 0.25) is 5.91 Å². The van der Waals surface area contributed by atoms with Crippen molar-refractivity contribution in [1.29, 1.82) is 0 Å². The largest absolute Gasteiger partial charge is 0.489 e. The van der Waals surface area contributed by atoms with Gasteiger partial charge < -0.3 is 24.6 Å². The van der Waals surface area contributed by atoms with E-state index in [-0.39, 0.29) is 5.91 Å². The number of guanidine groups is 1. The van der Waals surface area contributed by atoms with Crippen molar-refractivity contribution >= 4 is 23.5 Å². The van der Waals surface area contributed by atoms with Crippen LogP contribution in [0.15, 0.2) is 17.1 Å². The zero-order valence-corrected chi connectivity index (χ0v) is 16.7. The number of benzene rings is 1. The molecule has 0 radical (unpaired) electrons. The lowest BCUT2D eigenvalue weighted by molar-refractivity contribution is -0.130. The number of fused-ring (bicyclic) bond motifs is 1. The van der Waals surface area contributed by atoms with Crippen molar-refractivity contribution < 1.29 is 14.3 Å². The molecule has 1 aromatic rings. The molecule has 27 heavy (non-hydrogen) atoms. The number of carbonyl (C=O) groups is 1. The summed E-state index contributed by atoms with van der Waals surface area (Å²) in [5.41, 5.74) is 0.974. The molecule has 1 aromatic carbocycles. The monoisotopic (exact) mass is 394 g/mol. The summed E-state index contributed by atoms with van der Waals surface area (Å²) in [6.45, 7) is 9.15. The van der Waals surface area contributed by atoms with E-state index in [4.69, 9.17) is 26.1 Å². The van der Waals surface area contributed by atoms with Crippen LogP contribution in [-0.4, -0.2) is 67.6 Å². The van der Waals surface area contributed by atoms with Crippen molar-refractivity contribution in [2.75, 3.05) is 45.9 Å². The van der Waals surface area contributed by atoms with E-state index >= 15 is 0 Å². The molecule has 2 aliphatic heterocycles. The molecular formula is C19H27ClN4O3. The highest BCUT2D eigenvalue weighted by atomic mass is 35.5. The summed E-state index contributed by atoms with van der Waals surface area (Å²) >= 11 is 6.37. The van der Waals surface area contributed by atoms with Crippen LogP contribution >= 0.6 is 11.6 Å². The Labute approximate surface area is 165 Å². The van der Waals surface area contributed by atoms with Crippen molar-refractivity contribution in [1.82, 2.24) is 15.1 Å². The van der Waals surface area contributed by atoms with Gasteiger partial charge in [-0.3, -0.25) is 4.79 Å². The highest BCUT2D eigenvalue weighted by Crippen LogP contribution is 2.38. The Bertz CT molecular complexity index is 702. The molecule has 0 aliphatic carbocycles. The van der Waals surface area contributed by atoms with E-state index in [1.165, 1.54) is 0 Å². The molecule has 1 amide bonds. The third-order valence-corrected chi connectivity index (χ3v) is 4.91. The van der Waals surface area contributed by atoms with Crippen molar-refractivity contribution in [3.63, 3.8) is 0 Å². The maximum atomic E-state index is 11.5. The number of rotatable bonds is 3. The lowest BCUT2D eigenvalue weighted by Gasteiger charge is -2.36.